The lowest BCUT2D eigenvalue weighted by molar-refractivity contribution is 0.0522. The van der Waals surface area contributed by atoms with E-state index in [1.54, 1.807) is 0 Å². The first kappa shape index (κ1) is 17.2. The van der Waals surface area contributed by atoms with E-state index in [2.05, 4.69) is 22.9 Å². The highest BCUT2D eigenvalue weighted by molar-refractivity contribution is 5.67. The molecule has 1 aliphatic rings. The van der Waals surface area contributed by atoms with Gasteiger partial charge in [-0.25, -0.2) is 4.79 Å². The molecule has 0 spiro atoms. The van der Waals surface area contributed by atoms with Gasteiger partial charge in [-0.3, -0.25) is 0 Å². The summed E-state index contributed by atoms with van der Waals surface area (Å²) in [5, 5.41) is 9.78. The van der Waals surface area contributed by atoms with Crippen molar-refractivity contribution in [2.45, 2.75) is 58.6 Å². The first-order valence-corrected chi connectivity index (χ1v) is 7.81. The molecule has 1 rings (SSSR count). The number of alkyl carbamates (subject to hydrolysis) is 1. The fourth-order valence-corrected chi connectivity index (χ4v) is 2.30. The van der Waals surface area contributed by atoms with Crippen LogP contribution in [0.25, 0.3) is 0 Å². The van der Waals surface area contributed by atoms with Gasteiger partial charge in [0.15, 0.2) is 0 Å². The van der Waals surface area contributed by atoms with Gasteiger partial charge in [0, 0.05) is 12.6 Å². The molecule has 1 amide bonds. The fraction of sp³-hybridized carbons (Fsp3) is 0.933. The van der Waals surface area contributed by atoms with Crippen LogP contribution in [-0.2, 0) is 4.74 Å². The maximum absolute atomic E-state index is 11.6. The van der Waals surface area contributed by atoms with Gasteiger partial charge < -0.3 is 20.7 Å². The second-order valence-electron chi connectivity index (χ2n) is 6.59. The Balaban J connectivity index is 2.20. The standard InChI is InChI=1S/C15H31N3O2/c1-5-13(11-18-14(19)20-15(2,3)4)17-10-12-6-8-16-9-7-12/h12-13,16-17H,5-11H2,1-4H3,(H,18,19). The predicted octanol–water partition coefficient (Wildman–Crippen LogP) is 1.88. The molecule has 3 N–H and O–H groups in total. The smallest absolute Gasteiger partial charge is 0.407 e. The largest absolute Gasteiger partial charge is 0.444 e. The van der Waals surface area contributed by atoms with Crippen molar-refractivity contribution in [3.05, 3.63) is 0 Å². The molecule has 20 heavy (non-hydrogen) atoms. The summed E-state index contributed by atoms with van der Waals surface area (Å²) in [5.41, 5.74) is -0.436. The van der Waals surface area contributed by atoms with Crippen LogP contribution in [0.5, 0.6) is 0 Å². The van der Waals surface area contributed by atoms with Crippen molar-refractivity contribution in [3.63, 3.8) is 0 Å². The molecule has 1 saturated heterocycles. The quantitative estimate of drug-likeness (QED) is 0.697. The summed E-state index contributed by atoms with van der Waals surface area (Å²) in [5.74, 6) is 0.756. The monoisotopic (exact) mass is 285 g/mol. The molecular formula is C15H31N3O2. The highest BCUT2D eigenvalue weighted by atomic mass is 16.6. The normalized spacial score (nSPS) is 18.6. The van der Waals surface area contributed by atoms with Crippen molar-refractivity contribution < 1.29 is 9.53 Å². The molecule has 0 aliphatic carbocycles. The zero-order chi connectivity index (χ0) is 15.0. The maximum atomic E-state index is 11.6. The van der Waals surface area contributed by atoms with Crippen LogP contribution in [0.4, 0.5) is 4.79 Å². The Hall–Kier alpha value is -0.810. The first-order valence-electron chi connectivity index (χ1n) is 7.81. The molecule has 0 aromatic rings. The molecule has 1 unspecified atom stereocenters. The topological polar surface area (TPSA) is 62.4 Å². The summed E-state index contributed by atoms with van der Waals surface area (Å²) >= 11 is 0. The van der Waals surface area contributed by atoms with Crippen LogP contribution in [0.1, 0.15) is 47.0 Å². The number of carbonyl (C=O) groups is 1. The van der Waals surface area contributed by atoms with E-state index in [0.717, 1.165) is 32.0 Å². The van der Waals surface area contributed by atoms with Gasteiger partial charge in [-0.15, -0.1) is 0 Å². The third-order valence-corrected chi connectivity index (χ3v) is 3.54. The molecule has 1 atom stereocenters. The van der Waals surface area contributed by atoms with E-state index in [1.807, 2.05) is 20.8 Å². The van der Waals surface area contributed by atoms with E-state index in [9.17, 15) is 4.79 Å². The Morgan fingerprint density at radius 3 is 2.55 bits per heavy atom. The van der Waals surface area contributed by atoms with Gasteiger partial charge in [-0.1, -0.05) is 6.92 Å². The minimum atomic E-state index is -0.436. The summed E-state index contributed by atoms with van der Waals surface area (Å²) in [6, 6.07) is 0.317. The van der Waals surface area contributed by atoms with Gasteiger partial charge in [-0.2, -0.15) is 0 Å². The number of nitrogens with one attached hydrogen (secondary N) is 3. The minimum absolute atomic E-state index is 0.317. The highest BCUT2D eigenvalue weighted by Crippen LogP contribution is 2.10. The van der Waals surface area contributed by atoms with E-state index in [4.69, 9.17) is 4.74 Å². The molecule has 0 aromatic heterocycles. The van der Waals surface area contributed by atoms with Crippen LogP contribution in [0, 0.1) is 5.92 Å². The number of hydrogen-bond donors (Lipinski definition) is 3. The van der Waals surface area contributed by atoms with E-state index >= 15 is 0 Å². The SMILES string of the molecule is CCC(CNC(=O)OC(C)(C)C)NCC1CCNCC1. The zero-order valence-electron chi connectivity index (χ0n) is 13.4. The zero-order valence-corrected chi connectivity index (χ0v) is 13.4. The van der Waals surface area contributed by atoms with Gasteiger partial charge in [0.1, 0.15) is 5.60 Å². The Labute approximate surface area is 123 Å². The lowest BCUT2D eigenvalue weighted by atomic mass is 9.98. The number of hydrogen-bond acceptors (Lipinski definition) is 4. The molecule has 1 heterocycles. The number of piperidine rings is 1. The molecule has 5 nitrogen and oxygen atoms in total. The molecule has 0 radical (unpaired) electrons. The molecule has 5 heteroatoms. The highest BCUT2D eigenvalue weighted by Gasteiger charge is 2.18. The number of amides is 1. The second-order valence-corrected chi connectivity index (χ2v) is 6.59. The lowest BCUT2D eigenvalue weighted by Crippen LogP contribution is -2.44. The van der Waals surface area contributed by atoms with Gasteiger partial charge in [-0.05, 0) is 65.6 Å². The Morgan fingerprint density at radius 2 is 2.00 bits per heavy atom. The molecule has 1 aliphatic heterocycles. The molecule has 0 bridgehead atoms. The summed E-state index contributed by atoms with van der Waals surface area (Å²) in [4.78, 5) is 11.6. The molecular weight excluding hydrogens is 254 g/mol. The minimum Gasteiger partial charge on any atom is -0.444 e. The van der Waals surface area contributed by atoms with E-state index in [1.165, 1.54) is 12.8 Å². The summed E-state index contributed by atoms with van der Waals surface area (Å²) in [6.07, 6.45) is 3.15. The molecule has 0 aromatic carbocycles. The van der Waals surface area contributed by atoms with Crippen LogP contribution in [0.3, 0.4) is 0 Å². The van der Waals surface area contributed by atoms with Crippen LogP contribution in [-0.4, -0.2) is 43.9 Å². The predicted molar refractivity (Wildman–Crippen MR) is 81.9 cm³/mol. The maximum Gasteiger partial charge on any atom is 0.407 e. The molecule has 0 saturated carbocycles. The Kier molecular flexibility index (Phi) is 7.30. The first-order chi connectivity index (χ1) is 9.40. The second kappa shape index (κ2) is 8.47. The molecule has 118 valence electrons. The van der Waals surface area contributed by atoms with Crippen LogP contribution in [0.15, 0.2) is 0 Å². The van der Waals surface area contributed by atoms with E-state index in [-0.39, 0.29) is 6.09 Å². The average molecular weight is 285 g/mol. The van der Waals surface area contributed by atoms with Gasteiger partial charge in [0.25, 0.3) is 0 Å². The number of carbonyl (C=O) groups excluding carboxylic acids is 1. The van der Waals surface area contributed by atoms with Crippen molar-refractivity contribution in [1.29, 1.82) is 0 Å². The number of ether oxygens (including phenoxy) is 1. The van der Waals surface area contributed by atoms with Gasteiger partial charge in [0.2, 0.25) is 0 Å². The van der Waals surface area contributed by atoms with Crippen molar-refractivity contribution in [2.24, 2.45) is 5.92 Å². The van der Waals surface area contributed by atoms with Crippen LogP contribution < -0.4 is 16.0 Å². The average Bonchev–Trinajstić information content (AvgIpc) is 2.38. The van der Waals surface area contributed by atoms with Gasteiger partial charge in [0.05, 0.1) is 0 Å². The van der Waals surface area contributed by atoms with Crippen LogP contribution in [0.2, 0.25) is 0 Å². The molecule has 1 fully saturated rings. The summed E-state index contributed by atoms with van der Waals surface area (Å²) in [6.45, 7) is 11.7. The van der Waals surface area contributed by atoms with Crippen LogP contribution >= 0.6 is 0 Å². The van der Waals surface area contributed by atoms with E-state index in [0.29, 0.717) is 12.6 Å². The summed E-state index contributed by atoms with van der Waals surface area (Å²) in [7, 11) is 0. The van der Waals surface area contributed by atoms with Crippen molar-refractivity contribution in [3.8, 4) is 0 Å². The number of rotatable bonds is 6. The third-order valence-electron chi connectivity index (χ3n) is 3.54. The summed E-state index contributed by atoms with van der Waals surface area (Å²) < 4.78 is 5.24. The van der Waals surface area contributed by atoms with Crippen molar-refractivity contribution in [2.75, 3.05) is 26.2 Å². The Morgan fingerprint density at radius 1 is 1.35 bits per heavy atom. The lowest BCUT2D eigenvalue weighted by Gasteiger charge is -2.26. The fourth-order valence-electron chi connectivity index (χ4n) is 2.30. The van der Waals surface area contributed by atoms with Gasteiger partial charge >= 0.3 is 6.09 Å². The van der Waals surface area contributed by atoms with Crippen molar-refractivity contribution in [1.82, 2.24) is 16.0 Å². The third kappa shape index (κ3) is 7.70. The Bertz CT molecular complexity index is 283. The van der Waals surface area contributed by atoms with E-state index < -0.39 is 5.60 Å². The van der Waals surface area contributed by atoms with Crippen molar-refractivity contribution >= 4 is 6.09 Å².